The average molecular weight is 222 g/mol. The van der Waals surface area contributed by atoms with Gasteiger partial charge in [-0.2, -0.15) is 0 Å². The van der Waals surface area contributed by atoms with Crippen LogP contribution in [0.4, 0.5) is 0 Å². The van der Waals surface area contributed by atoms with E-state index in [-0.39, 0.29) is 5.75 Å². The molecule has 0 aromatic heterocycles. The van der Waals surface area contributed by atoms with Gasteiger partial charge < -0.3 is 10.8 Å². The number of aromatic hydroxyl groups is 1. The molecular formula is C12H18N2O2. The van der Waals surface area contributed by atoms with Gasteiger partial charge in [-0.15, -0.1) is 0 Å². The van der Waals surface area contributed by atoms with Gasteiger partial charge in [0.05, 0.1) is 5.54 Å². The lowest BCUT2D eigenvalue weighted by molar-refractivity contribution is -0.123. The number of benzene rings is 1. The lowest BCUT2D eigenvalue weighted by Gasteiger charge is -2.22. The Morgan fingerprint density at radius 1 is 1.50 bits per heavy atom. The summed E-state index contributed by atoms with van der Waals surface area (Å²) in [6.45, 7) is 5.66. The molecule has 0 atom stereocenters. The third-order valence-corrected chi connectivity index (χ3v) is 2.66. The first kappa shape index (κ1) is 12.5. The zero-order valence-corrected chi connectivity index (χ0v) is 9.87. The Morgan fingerprint density at radius 3 is 2.69 bits per heavy atom. The minimum Gasteiger partial charge on any atom is -0.507 e. The topological polar surface area (TPSA) is 75.3 Å². The molecule has 0 aliphatic carbocycles. The van der Waals surface area contributed by atoms with E-state index in [0.29, 0.717) is 6.54 Å². The van der Waals surface area contributed by atoms with E-state index >= 15 is 0 Å². The van der Waals surface area contributed by atoms with E-state index in [9.17, 15) is 9.90 Å². The number of rotatable bonds is 4. The molecule has 4 N–H and O–H groups in total. The summed E-state index contributed by atoms with van der Waals surface area (Å²) in [5, 5.41) is 12.8. The van der Waals surface area contributed by atoms with E-state index in [4.69, 9.17) is 5.73 Å². The Kier molecular flexibility index (Phi) is 3.55. The summed E-state index contributed by atoms with van der Waals surface area (Å²) in [7, 11) is 0. The second kappa shape index (κ2) is 4.53. The maximum absolute atomic E-state index is 11.1. The van der Waals surface area contributed by atoms with Gasteiger partial charge in [0.15, 0.2) is 0 Å². The van der Waals surface area contributed by atoms with Crippen LogP contribution in [0.1, 0.15) is 25.0 Å². The van der Waals surface area contributed by atoms with Crippen LogP contribution >= 0.6 is 0 Å². The Bertz CT molecular complexity index is 400. The van der Waals surface area contributed by atoms with E-state index in [2.05, 4.69) is 5.32 Å². The van der Waals surface area contributed by atoms with Gasteiger partial charge in [0, 0.05) is 12.1 Å². The van der Waals surface area contributed by atoms with Gasteiger partial charge in [-0.3, -0.25) is 10.1 Å². The maximum Gasteiger partial charge on any atom is 0.237 e. The van der Waals surface area contributed by atoms with Crippen LogP contribution < -0.4 is 11.1 Å². The second-order valence-corrected chi connectivity index (χ2v) is 4.43. The van der Waals surface area contributed by atoms with Crippen molar-refractivity contribution >= 4 is 5.91 Å². The highest BCUT2D eigenvalue weighted by Crippen LogP contribution is 2.21. The van der Waals surface area contributed by atoms with Crippen molar-refractivity contribution in [2.45, 2.75) is 32.9 Å². The largest absolute Gasteiger partial charge is 0.507 e. The number of para-hydroxylation sites is 1. The SMILES string of the molecule is Cc1cccc(CNC(C)(C)C(N)=O)c1O. The third kappa shape index (κ3) is 2.73. The summed E-state index contributed by atoms with van der Waals surface area (Å²) < 4.78 is 0. The molecule has 1 rings (SSSR count). The van der Waals surface area contributed by atoms with Crippen molar-refractivity contribution < 1.29 is 9.90 Å². The second-order valence-electron chi connectivity index (χ2n) is 4.43. The first-order chi connectivity index (χ1) is 7.34. The Hall–Kier alpha value is -1.55. The maximum atomic E-state index is 11.1. The summed E-state index contributed by atoms with van der Waals surface area (Å²) >= 11 is 0. The van der Waals surface area contributed by atoms with Gasteiger partial charge in [-0.25, -0.2) is 0 Å². The van der Waals surface area contributed by atoms with Crippen LogP contribution in [0.3, 0.4) is 0 Å². The number of nitrogens with two attached hydrogens (primary N) is 1. The third-order valence-electron chi connectivity index (χ3n) is 2.66. The Morgan fingerprint density at radius 2 is 2.12 bits per heavy atom. The fourth-order valence-corrected chi connectivity index (χ4v) is 1.27. The van der Waals surface area contributed by atoms with Gasteiger partial charge >= 0.3 is 0 Å². The lowest BCUT2D eigenvalue weighted by atomic mass is 10.0. The highest BCUT2D eigenvalue weighted by molar-refractivity contribution is 5.83. The van der Waals surface area contributed by atoms with E-state index in [1.807, 2.05) is 25.1 Å². The number of phenolic OH excluding ortho intramolecular Hbond substituents is 1. The molecule has 0 spiro atoms. The minimum absolute atomic E-state index is 0.260. The predicted octanol–water partition coefficient (Wildman–Crippen LogP) is 1.05. The number of aryl methyl sites for hydroxylation is 1. The molecule has 0 aliphatic heterocycles. The van der Waals surface area contributed by atoms with Crippen molar-refractivity contribution in [3.8, 4) is 5.75 Å². The first-order valence-electron chi connectivity index (χ1n) is 5.17. The minimum atomic E-state index is -0.782. The van der Waals surface area contributed by atoms with Gasteiger partial charge in [-0.1, -0.05) is 18.2 Å². The molecule has 0 fully saturated rings. The number of hydrogen-bond donors (Lipinski definition) is 3. The Balaban J connectivity index is 2.76. The fraction of sp³-hybridized carbons (Fsp3) is 0.417. The molecule has 0 aliphatic rings. The molecule has 0 radical (unpaired) electrons. The highest BCUT2D eigenvalue weighted by Gasteiger charge is 2.24. The van der Waals surface area contributed by atoms with Crippen molar-refractivity contribution in [3.63, 3.8) is 0 Å². The molecule has 16 heavy (non-hydrogen) atoms. The predicted molar refractivity (Wildman–Crippen MR) is 63.0 cm³/mol. The summed E-state index contributed by atoms with van der Waals surface area (Å²) in [5.41, 5.74) is 6.03. The number of carbonyl (C=O) groups excluding carboxylic acids is 1. The number of amides is 1. The van der Waals surface area contributed by atoms with Crippen molar-refractivity contribution in [1.29, 1.82) is 0 Å². The van der Waals surface area contributed by atoms with Crippen LogP contribution in [0.15, 0.2) is 18.2 Å². The Labute approximate surface area is 95.5 Å². The van der Waals surface area contributed by atoms with Gasteiger partial charge in [0.1, 0.15) is 5.75 Å². The normalized spacial score (nSPS) is 11.4. The summed E-state index contributed by atoms with van der Waals surface area (Å²) in [5.74, 6) is -0.157. The zero-order chi connectivity index (χ0) is 12.3. The number of nitrogens with one attached hydrogen (secondary N) is 1. The van der Waals surface area contributed by atoms with Crippen LogP contribution in [0.2, 0.25) is 0 Å². The number of hydrogen-bond acceptors (Lipinski definition) is 3. The van der Waals surface area contributed by atoms with Crippen LogP contribution in [-0.4, -0.2) is 16.6 Å². The van der Waals surface area contributed by atoms with Gasteiger partial charge in [0.25, 0.3) is 0 Å². The van der Waals surface area contributed by atoms with E-state index in [1.165, 1.54) is 0 Å². The molecule has 1 aromatic rings. The fourth-order valence-electron chi connectivity index (χ4n) is 1.27. The van der Waals surface area contributed by atoms with Crippen molar-refractivity contribution in [3.05, 3.63) is 29.3 Å². The summed E-state index contributed by atoms with van der Waals surface area (Å²) in [6.07, 6.45) is 0. The molecule has 1 amide bonds. The standard InChI is InChI=1S/C12H18N2O2/c1-8-5-4-6-9(10(8)15)7-14-12(2,3)11(13)16/h4-6,14-15H,7H2,1-3H3,(H2,13,16). The molecule has 0 heterocycles. The number of phenols is 1. The molecule has 4 nitrogen and oxygen atoms in total. The van der Waals surface area contributed by atoms with Crippen LogP contribution in [0.5, 0.6) is 5.75 Å². The van der Waals surface area contributed by atoms with Crippen molar-refractivity contribution in [2.75, 3.05) is 0 Å². The molecule has 0 saturated heterocycles. The van der Waals surface area contributed by atoms with Gasteiger partial charge in [-0.05, 0) is 26.3 Å². The van der Waals surface area contributed by atoms with E-state index in [0.717, 1.165) is 11.1 Å². The molecule has 0 unspecified atom stereocenters. The van der Waals surface area contributed by atoms with E-state index < -0.39 is 11.4 Å². The quantitative estimate of drug-likeness (QED) is 0.713. The molecular weight excluding hydrogens is 204 g/mol. The first-order valence-corrected chi connectivity index (χ1v) is 5.17. The molecule has 4 heteroatoms. The number of carbonyl (C=O) groups is 1. The molecule has 1 aromatic carbocycles. The zero-order valence-electron chi connectivity index (χ0n) is 9.87. The van der Waals surface area contributed by atoms with Crippen molar-refractivity contribution in [1.82, 2.24) is 5.32 Å². The van der Waals surface area contributed by atoms with Crippen LogP contribution in [-0.2, 0) is 11.3 Å². The highest BCUT2D eigenvalue weighted by atomic mass is 16.3. The smallest absolute Gasteiger partial charge is 0.237 e. The summed E-state index contributed by atoms with van der Waals surface area (Å²) in [4.78, 5) is 11.1. The number of primary amides is 1. The van der Waals surface area contributed by atoms with Crippen LogP contribution in [0.25, 0.3) is 0 Å². The summed E-state index contributed by atoms with van der Waals surface area (Å²) in [6, 6.07) is 5.51. The average Bonchev–Trinajstić information content (AvgIpc) is 2.20. The molecule has 0 saturated carbocycles. The van der Waals surface area contributed by atoms with Crippen molar-refractivity contribution in [2.24, 2.45) is 5.73 Å². The molecule has 88 valence electrons. The van der Waals surface area contributed by atoms with Crippen LogP contribution in [0, 0.1) is 6.92 Å². The monoisotopic (exact) mass is 222 g/mol. The molecule has 0 bridgehead atoms. The lowest BCUT2D eigenvalue weighted by Crippen LogP contribution is -2.50. The van der Waals surface area contributed by atoms with E-state index in [1.54, 1.807) is 13.8 Å². The van der Waals surface area contributed by atoms with Gasteiger partial charge in [0.2, 0.25) is 5.91 Å².